The Morgan fingerprint density at radius 1 is 0.927 bits per heavy atom. The fraction of sp³-hybridized carbons (Fsp3) is 0.412. The van der Waals surface area contributed by atoms with Crippen LogP contribution in [-0.4, -0.2) is 59.7 Å². The predicted octanol–water partition coefficient (Wildman–Crippen LogP) is 6.42. The van der Waals surface area contributed by atoms with Gasteiger partial charge in [-0.1, -0.05) is 67.1 Å². The van der Waals surface area contributed by atoms with E-state index in [2.05, 4.69) is 38.1 Å². The third-order valence-electron chi connectivity index (χ3n) is 7.32. The number of esters is 1. The summed E-state index contributed by atoms with van der Waals surface area (Å²) in [4.78, 5) is 29.9. The number of hydrogen-bond acceptors (Lipinski definition) is 5. The van der Waals surface area contributed by atoms with E-state index in [1.165, 1.54) is 5.56 Å². The number of hydrogen-bond donors (Lipinski definition) is 0. The Hall–Kier alpha value is -4.00. The zero-order valence-corrected chi connectivity index (χ0v) is 24.7. The van der Waals surface area contributed by atoms with Gasteiger partial charge in [-0.05, 0) is 62.6 Å². The van der Waals surface area contributed by atoms with Gasteiger partial charge in [-0.25, -0.2) is 9.59 Å². The van der Waals surface area contributed by atoms with Crippen LogP contribution >= 0.6 is 0 Å². The minimum atomic E-state index is -1.16. The number of urea groups is 1. The molecule has 1 aliphatic rings. The average molecular weight is 559 g/mol. The molecule has 0 bridgehead atoms. The molecule has 1 fully saturated rings. The van der Waals surface area contributed by atoms with Crippen LogP contribution in [0.3, 0.4) is 0 Å². The molecule has 0 radical (unpaired) electrons. The Labute approximate surface area is 244 Å². The first-order valence-electron chi connectivity index (χ1n) is 14.6. The summed E-state index contributed by atoms with van der Waals surface area (Å²) in [5.74, 6) is 0.963. The van der Waals surface area contributed by atoms with Crippen LogP contribution < -0.4 is 9.47 Å². The molecule has 1 aliphatic heterocycles. The van der Waals surface area contributed by atoms with Gasteiger partial charge >= 0.3 is 12.0 Å². The van der Waals surface area contributed by atoms with Crippen molar-refractivity contribution in [2.45, 2.75) is 65.1 Å². The van der Waals surface area contributed by atoms with Gasteiger partial charge in [0.1, 0.15) is 11.5 Å². The molecule has 0 spiro atoms. The number of nitrogens with zero attached hydrogens (tertiary/aromatic N) is 2. The molecule has 2 atom stereocenters. The molecule has 0 N–H and O–H groups in total. The van der Waals surface area contributed by atoms with Gasteiger partial charge in [0.15, 0.2) is 0 Å². The fourth-order valence-electron chi connectivity index (χ4n) is 5.17. The van der Waals surface area contributed by atoms with Crippen LogP contribution in [0.25, 0.3) is 0 Å². The second-order valence-corrected chi connectivity index (χ2v) is 10.8. The second-order valence-electron chi connectivity index (χ2n) is 10.8. The first kappa shape index (κ1) is 30.0. The molecule has 7 nitrogen and oxygen atoms in total. The number of benzene rings is 3. The van der Waals surface area contributed by atoms with Crippen molar-refractivity contribution in [3.8, 4) is 11.5 Å². The molecule has 4 rings (SSSR count). The lowest BCUT2D eigenvalue weighted by Gasteiger charge is -2.28. The Morgan fingerprint density at radius 3 is 2.27 bits per heavy atom. The third kappa shape index (κ3) is 8.03. The van der Waals surface area contributed by atoms with Crippen LogP contribution in [-0.2, 0) is 22.5 Å². The number of amides is 2. The minimum absolute atomic E-state index is 0.101. The molecule has 2 amide bonds. The molecule has 3 aromatic carbocycles. The number of rotatable bonds is 14. The number of para-hydroxylation sites is 1. The summed E-state index contributed by atoms with van der Waals surface area (Å²) in [5, 5.41) is 0. The van der Waals surface area contributed by atoms with Gasteiger partial charge in [0.05, 0.1) is 19.3 Å². The molecule has 0 saturated carbocycles. The van der Waals surface area contributed by atoms with Gasteiger partial charge in [-0.2, -0.15) is 0 Å². The van der Waals surface area contributed by atoms with Crippen LogP contribution in [0.5, 0.6) is 11.5 Å². The van der Waals surface area contributed by atoms with E-state index >= 15 is 0 Å². The minimum Gasteiger partial charge on any atom is -0.494 e. The van der Waals surface area contributed by atoms with Gasteiger partial charge in [0.25, 0.3) is 0 Å². The third-order valence-corrected chi connectivity index (χ3v) is 7.32. The van der Waals surface area contributed by atoms with E-state index in [1.807, 2.05) is 64.4 Å². The van der Waals surface area contributed by atoms with Crippen LogP contribution in [0.1, 0.15) is 50.3 Å². The predicted molar refractivity (Wildman–Crippen MR) is 160 cm³/mol. The molecule has 218 valence electrons. The largest absolute Gasteiger partial charge is 0.494 e. The Morgan fingerprint density at radius 2 is 1.61 bits per heavy atom. The van der Waals surface area contributed by atoms with E-state index in [4.69, 9.17) is 14.2 Å². The topological polar surface area (TPSA) is 68.3 Å². The molecule has 3 aromatic rings. The summed E-state index contributed by atoms with van der Waals surface area (Å²) in [7, 11) is 0. The maximum Gasteiger partial charge on any atom is 0.350 e. The summed E-state index contributed by atoms with van der Waals surface area (Å²) in [6.07, 6.45) is 2.03. The lowest BCUT2D eigenvalue weighted by molar-refractivity contribution is -0.160. The summed E-state index contributed by atoms with van der Waals surface area (Å²) in [5.41, 5.74) is 2.13. The van der Waals surface area contributed by atoms with Crippen LogP contribution in [0.2, 0.25) is 0 Å². The van der Waals surface area contributed by atoms with Crippen molar-refractivity contribution in [3.63, 3.8) is 0 Å². The molecular weight excluding hydrogens is 516 g/mol. The number of carbonyl (C=O) groups excluding carboxylic acids is 2. The van der Waals surface area contributed by atoms with Gasteiger partial charge in [0.2, 0.25) is 5.60 Å². The van der Waals surface area contributed by atoms with E-state index < -0.39 is 11.6 Å². The molecular formula is C34H42N2O5. The Balaban J connectivity index is 1.33. The van der Waals surface area contributed by atoms with Crippen molar-refractivity contribution in [2.75, 3.05) is 26.3 Å². The van der Waals surface area contributed by atoms with E-state index in [0.717, 1.165) is 36.3 Å². The molecule has 0 aliphatic carbocycles. The summed E-state index contributed by atoms with van der Waals surface area (Å²) < 4.78 is 17.5. The van der Waals surface area contributed by atoms with Crippen LogP contribution in [0, 0.1) is 6.92 Å². The maximum absolute atomic E-state index is 13.1. The zero-order valence-electron chi connectivity index (χ0n) is 24.7. The van der Waals surface area contributed by atoms with Gasteiger partial charge in [-0.3, -0.25) is 0 Å². The highest BCUT2D eigenvalue weighted by Crippen LogP contribution is 2.26. The number of carbonyl (C=O) groups is 2. The van der Waals surface area contributed by atoms with Crippen LogP contribution in [0.4, 0.5) is 4.79 Å². The zero-order chi connectivity index (χ0) is 29.2. The first-order valence-corrected chi connectivity index (χ1v) is 14.6. The normalized spacial score (nSPS) is 16.4. The Kier molecular flexibility index (Phi) is 10.3. The number of aryl methyl sites for hydroxylation is 1. The fourth-order valence-corrected chi connectivity index (χ4v) is 5.17. The van der Waals surface area contributed by atoms with E-state index in [-0.39, 0.29) is 18.7 Å². The SMILES string of the molecule is CCCN1C(=O)N(Cc2ccc(C)cc2)C[C@@H]1CCOc1ccc(C[C@](C)(Oc2ccccc2)C(=O)OCC)cc1. The highest BCUT2D eigenvalue weighted by molar-refractivity contribution is 5.80. The van der Waals surface area contributed by atoms with Crippen LogP contribution in [0.15, 0.2) is 78.9 Å². The smallest absolute Gasteiger partial charge is 0.350 e. The van der Waals surface area contributed by atoms with E-state index in [9.17, 15) is 9.59 Å². The average Bonchev–Trinajstić information content (AvgIpc) is 3.25. The first-order chi connectivity index (χ1) is 19.8. The molecule has 7 heteroatoms. The molecule has 0 aromatic heterocycles. The van der Waals surface area contributed by atoms with E-state index in [0.29, 0.717) is 31.9 Å². The molecule has 0 unspecified atom stereocenters. The van der Waals surface area contributed by atoms with Crippen molar-refractivity contribution in [2.24, 2.45) is 0 Å². The summed E-state index contributed by atoms with van der Waals surface area (Å²) in [6.45, 7) is 10.6. The Bertz CT molecular complexity index is 1260. The summed E-state index contributed by atoms with van der Waals surface area (Å²) >= 11 is 0. The van der Waals surface area contributed by atoms with Gasteiger partial charge in [0, 0.05) is 32.5 Å². The summed E-state index contributed by atoms with van der Waals surface area (Å²) in [6, 6.07) is 25.6. The number of ether oxygens (including phenoxy) is 3. The second kappa shape index (κ2) is 14.1. The maximum atomic E-state index is 13.1. The van der Waals surface area contributed by atoms with E-state index in [1.54, 1.807) is 13.8 Å². The van der Waals surface area contributed by atoms with Crippen molar-refractivity contribution >= 4 is 12.0 Å². The quantitative estimate of drug-likeness (QED) is 0.214. The van der Waals surface area contributed by atoms with Crippen molar-refractivity contribution in [1.82, 2.24) is 9.80 Å². The highest BCUT2D eigenvalue weighted by Gasteiger charge is 2.38. The lowest BCUT2D eigenvalue weighted by Crippen LogP contribution is -2.45. The van der Waals surface area contributed by atoms with Crippen molar-refractivity contribution < 1.29 is 23.8 Å². The molecule has 1 heterocycles. The lowest BCUT2D eigenvalue weighted by atomic mass is 9.96. The highest BCUT2D eigenvalue weighted by atomic mass is 16.6. The van der Waals surface area contributed by atoms with Gasteiger partial charge in [-0.15, -0.1) is 0 Å². The van der Waals surface area contributed by atoms with Crippen molar-refractivity contribution in [3.05, 3.63) is 95.6 Å². The van der Waals surface area contributed by atoms with Gasteiger partial charge < -0.3 is 24.0 Å². The molecule has 41 heavy (non-hydrogen) atoms. The standard InChI is InChI=1S/C34H42N2O5/c1-5-21-36-29(25-35(33(36)38)24-28-14-12-26(3)13-15-28)20-22-40-30-18-16-27(17-19-30)23-34(4,32(37)39-6-2)41-31-10-8-7-9-11-31/h7-19,29H,5-6,20-25H2,1-4H3/t29-,34-/m0/s1. The monoisotopic (exact) mass is 558 g/mol. The van der Waals surface area contributed by atoms with Crippen molar-refractivity contribution in [1.29, 1.82) is 0 Å². The molecule has 1 saturated heterocycles.